The molecule has 1 rings (SSSR count). The van der Waals surface area contributed by atoms with Gasteiger partial charge in [-0.25, -0.2) is 4.57 Å². The lowest BCUT2D eigenvalue weighted by atomic mass is 9.88. The van der Waals surface area contributed by atoms with Crippen molar-refractivity contribution in [3.05, 3.63) is 0 Å². The Morgan fingerprint density at radius 1 is 1.47 bits per heavy atom. The zero-order valence-electron chi connectivity index (χ0n) is 9.09. The predicted octanol–water partition coefficient (Wildman–Crippen LogP) is -1.77. The number of methoxy groups -OCH3 is 1. The first-order valence-corrected chi connectivity index (χ1v) is 5.58. The summed E-state index contributed by atoms with van der Waals surface area (Å²) in [6.07, 6.45) is -3.96. The zero-order valence-corrected chi connectivity index (χ0v) is 9.99. The van der Waals surface area contributed by atoms with E-state index in [1.54, 1.807) is 0 Å². The summed E-state index contributed by atoms with van der Waals surface area (Å²) in [5.41, 5.74) is 0. The first kappa shape index (κ1) is 14.9. The van der Waals surface area contributed by atoms with Gasteiger partial charge in [-0.1, -0.05) is 0 Å². The number of hydrogen-bond acceptors (Lipinski definition) is 8. The lowest BCUT2D eigenvalue weighted by Gasteiger charge is -2.45. The van der Waals surface area contributed by atoms with E-state index in [9.17, 15) is 19.9 Å². The van der Waals surface area contributed by atoms with Gasteiger partial charge in [0.1, 0.15) is 12.2 Å². The smallest absolute Gasteiger partial charge is 0.327 e. The maximum atomic E-state index is 10.1. The van der Waals surface area contributed by atoms with E-state index in [0.29, 0.717) is 0 Å². The molecule has 0 saturated carbocycles. The fourth-order valence-electron chi connectivity index (χ4n) is 1.71. The molecule has 0 bridgehead atoms. The van der Waals surface area contributed by atoms with Crippen LogP contribution in [0.25, 0.3) is 0 Å². The van der Waals surface area contributed by atoms with Gasteiger partial charge in [-0.2, -0.15) is 0 Å². The second-order valence-electron chi connectivity index (χ2n) is 3.67. The average molecular weight is 270 g/mol. The Balaban J connectivity index is 2.83. The molecule has 4 atom stereocenters. The maximum Gasteiger partial charge on any atom is 0.327 e. The van der Waals surface area contributed by atoms with Crippen molar-refractivity contribution in [3.63, 3.8) is 0 Å². The van der Waals surface area contributed by atoms with Gasteiger partial charge in [-0.05, 0) is 0 Å². The van der Waals surface area contributed by atoms with Crippen LogP contribution in [-0.2, 0) is 18.6 Å². The molecule has 1 saturated heterocycles. The first-order valence-electron chi connectivity index (χ1n) is 4.85. The van der Waals surface area contributed by atoms with Crippen LogP contribution in [0.4, 0.5) is 0 Å². The van der Waals surface area contributed by atoms with Gasteiger partial charge in [0.05, 0.1) is 19.1 Å². The van der Waals surface area contributed by atoms with Crippen molar-refractivity contribution >= 4 is 8.69 Å². The Morgan fingerprint density at radius 2 is 2.12 bits per heavy atom. The molecule has 0 aromatic rings. The van der Waals surface area contributed by atoms with Crippen molar-refractivity contribution in [2.24, 2.45) is 5.92 Å². The minimum Gasteiger partial charge on any atom is -0.396 e. The molecule has 1 fully saturated rings. The van der Waals surface area contributed by atoms with E-state index < -0.39 is 45.5 Å². The third-order valence-corrected chi connectivity index (χ3v) is 2.95. The average Bonchev–Trinajstić information content (AvgIpc) is 2.30. The number of rotatable bonds is 5. The molecule has 4 N–H and O–H groups in total. The van der Waals surface area contributed by atoms with Crippen molar-refractivity contribution in [2.75, 3.05) is 20.3 Å². The molecular weight excluding hydrogens is 255 g/mol. The molecule has 0 aliphatic carbocycles. The highest BCUT2D eigenvalue weighted by molar-refractivity contribution is 7.17. The lowest BCUT2D eigenvalue weighted by Crippen LogP contribution is -2.65. The summed E-state index contributed by atoms with van der Waals surface area (Å²) in [7, 11) is 0.637. The molecule has 0 aromatic carbocycles. The summed E-state index contributed by atoms with van der Waals surface area (Å²) in [5, 5.41) is 38.1. The molecule has 1 heterocycles. The summed E-state index contributed by atoms with van der Waals surface area (Å²) in [6.45, 7) is -0.955. The van der Waals surface area contributed by atoms with Crippen LogP contribution in [0.1, 0.15) is 0 Å². The molecule has 100 valence electrons. The van der Waals surface area contributed by atoms with Crippen molar-refractivity contribution in [1.29, 1.82) is 0 Å². The number of aliphatic hydroxyl groups is 4. The molecule has 9 heteroatoms. The second kappa shape index (κ2) is 6.12. The van der Waals surface area contributed by atoms with Gasteiger partial charge >= 0.3 is 8.69 Å². The Kier molecular flexibility index (Phi) is 5.36. The minimum atomic E-state index is -2.58. The molecule has 1 aliphatic heterocycles. The molecule has 0 amide bonds. The van der Waals surface area contributed by atoms with E-state index >= 15 is 0 Å². The van der Waals surface area contributed by atoms with E-state index in [1.165, 1.54) is 7.11 Å². The van der Waals surface area contributed by atoms with Crippen LogP contribution in [0.2, 0.25) is 0 Å². The van der Waals surface area contributed by atoms with E-state index in [0.717, 1.165) is 0 Å². The largest absolute Gasteiger partial charge is 0.396 e. The van der Waals surface area contributed by atoms with Gasteiger partial charge in [-0.3, -0.25) is 4.52 Å². The van der Waals surface area contributed by atoms with E-state index in [2.05, 4.69) is 4.52 Å². The van der Waals surface area contributed by atoms with Gasteiger partial charge in [0.25, 0.3) is 0 Å². The molecule has 1 unspecified atom stereocenters. The zero-order chi connectivity index (χ0) is 13.1. The van der Waals surface area contributed by atoms with Gasteiger partial charge in [0.15, 0.2) is 6.29 Å². The van der Waals surface area contributed by atoms with Crippen LogP contribution in [0.5, 0.6) is 0 Å². The van der Waals surface area contributed by atoms with Crippen molar-refractivity contribution in [2.45, 2.75) is 24.3 Å². The van der Waals surface area contributed by atoms with E-state index in [-0.39, 0.29) is 6.61 Å². The highest BCUT2D eigenvalue weighted by atomic mass is 31.1. The molecule has 1 aliphatic rings. The van der Waals surface area contributed by atoms with Crippen LogP contribution in [0.3, 0.4) is 0 Å². The van der Waals surface area contributed by atoms with Crippen LogP contribution >= 0.6 is 8.69 Å². The third kappa shape index (κ3) is 2.98. The van der Waals surface area contributed by atoms with Crippen molar-refractivity contribution in [3.8, 4) is 0 Å². The lowest BCUT2D eigenvalue weighted by molar-refractivity contribution is -0.375. The molecule has 0 spiro atoms. The van der Waals surface area contributed by atoms with Gasteiger partial charge in [-0.15, -0.1) is 0 Å². The first-order chi connectivity index (χ1) is 7.98. The summed E-state index contributed by atoms with van der Waals surface area (Å²) in [6, 6.07) is 0. The highest BCUT2D eigenvalue weighted by Crippen LogP contribution is 2.33. The quantitative estimate of drug-likeness (QED) is 0.341. The maximum absolute atomic E-state index is 10.1. The van der Waals surface area contributed by atoms with Gasteiger partial charge < -0.3 is 29.9 Å². The minimum absolute atomic E-state index is 0.312. The van der Waals surface area contributed by atoms with Crippen LogP contribution in [0.15, 0.2) is 0 Å². The predicted molar refractivity (Wildman–Crippen MR) is 53.0 cm³/mol. The fraction of sp³-hybridized carbons (Fsp3) is 1.00. The Hall–Kier alpha value is -0.180. The Bertz CT molecular complexity index is 260. The Labute approximate surface area is 99.0 Å². The number of ether oxygens (including phenoxy) is 2. The molecule has 17 heavy (non-hydrogen) atoms. The monoisotopic (exact) mass is 270 g/mol. The fourth-order valence-corrected chi connectivity index (χ4v) is 1.92. The topological polar surface area (TPSA) is 126 Å². The van der Waals surface area contributed by atoms with E-state index in [1.807, 2.05) is 0 Å². The SMILES string of the molecule is CO[C@H]1OC(COP=O)[C@@H](O)C(O)(O)[C@H]1CO. The van der Waals surface area contributed by atoms with Gasteiger partial charge in [0, 0.05) is 7.11 Å². The van der Waals surface area contributed by atoms with Crippen molar-refractivity contribution < 1.29 is 39.0 Å². The molecule has 8 nitrogen and oxygen atoms in total. The summed E-state index contributed by atoms with van der Waals surface area (Å²) < 4.78 is 24.6. The molecule has 0 aromatic heterocycles. The summed E-state index contributed by atoms with van der Waals surface area (Å²) >= 11 is 0. The highest BCUT2D eigenvalue weighted by Gasteiger charge is 2.54. The number of hydrogen-bond donors (Lipinski definition) is 4. The van der Waals surface area contributed by atoms with E-state index in [4.69, 9.17) is 14.6 Å². The number of aliphatic hydroxyl groups excluding tert-OH is 2. The molecular formula is C8H15O8P. The third-order valence-electron chi connectivity index (χ3n) is 2.69. The normalized spacial score (nSPS) is 37.2. The van der Waals surface area contributed by atoms with Crippen molar-refractivity contribution in [1.82, 2.24) is 0 Å². The standard InChI is InChI=1S/C8H15O8P/c1-14-7-4(2-9)8(11,12)6(10)5(16-7)3-15-17-13/h4-7,9-12H,2-3H2,1H3/t4-,5?,6+,7-/m0/s1. The second-order valence-corrected chi connectivity index (χ2v) is 4.07. The van der Waals surface area contributed by atoms with Crippen LogP contribution in [0, 0.1) is 5.92 Å². The Morgan fingerprint density at radius 3 is 2.59 bits per heavy atom. The van der Waals surface area contributed by atoms with Gasteiger partial charge in [0.2, 0.25) is 5.79 Å². The summed E-state index contributed by atoms with van der Waals surface area (Å²) in [5.74, 6) is -3.80. The summed E-state index contributed by atoms with van der Waals surface area (Å²) in [4.78, 5) is 0. The van der Waals surface area contributed by atoms with Crippen LogP contribution < -0.4 is 0 Å². The van der Waals surface area contributed by atoms with Crippen LogP contribution in [-0.4, -0.2) is 65.0 Å². The molecule has 0 radical (unpaired) electrons.